The summed E-state index contributed by atoms with van der Waals surface area (Å²) in [5, 5.41) is 0. The van der Waals surface area contributed by atoms with Crippen molar-refractivity contribution in [3.63, 3.8) is 0 Å². The monoisotopic (exact) mass is 252 g/mol. The Morgan fingerprint density at radius 3 is 2.56 bits per heavy atom. The van der Waals surface area contributed by atoms with E-state index < -0.39 is 0 Å². The van der Waals surface area contributed by atoms with Gasteiger partial charge < -0.3 is 15.2 Å². The van der Waals surface area contributed by atoms with Crippen molar-refractivity contribution < 1.29 is 14.3 Å². The molecule has 2 N–H and O–H groups in total. The molecule has 18 heavy (non-hydrogen) atoms. The van der Waals surface area contributed by atoms with Gasteiger partial charge in [-0.15, -0.1) is 0 Å². The molecule has 1 aromatic carbocycles. The molecule has 0 aliphatic carbocycles. The molecule has 1 rings (SSSR count). The summed E-state index contributed by atoms with van der Waals surface area (Å²) in [6, 6.07) is 5.33. The van der Waals surface area contributed by atoms with Crippen molar-refractivity contribution in [1.29, 1.82) is 0 Å². The van der Waals surface area contributed by atoms with E-state index in [-0.39, 0.29) is 11.9 Å². The van der Waals surface area contributed by atoms with Crippen LogP contribution in [0.2, 0.25) is 0 Å². The van der Waals surface area contributed by atoms with E-state index in [4.69, 9.17) is 15.2 Å². The zero-order valence-corrected chi connectivity index (χ0v) is 11.3. The van der Waals surface area contributed by atoms with Gasteiger partial charge >= 0.3 is 0 Å². The molecule has 0 aliphatic heterocycles. The number of hydrogen-bond acceptors (Lipinski definition) is 4. The summed E-state index contributed by atoms with van der Waals surface area (Å²) in [6.07, 6.45) is 0. The van der Waals surface area contributed by atoms with Crippen molar-refractivity contribution in [1.82, 2.24) is 4.90 Å². The maximum atomic E-state index is 11.1. The predicted octanol–water partition coefficient (Wildman–Crippen LogP) is 1.01. The topological polar surface area (TPSA) is 64.8 Å². The number of carbonyl (C=O) groups is 1. The Labute approximate surface area is 107 Å². The number of amides is 1. The number of likely N-dealkylation sites (N-methyl/N-ethyl adjacent to an activating group) is 1. The van der Waals surface area contributed by atoms with E-state index in [1.54, 1.807) is 21.1 Å². The van der Waals surface area contributed by atoms with Crippen LogP contribution in [-0.2, 0) is 11.3 Å². The average molecular weight is 252 g/mol. The number of nitrogens with zero attached hydrogens (tertiary/aromatic N) is 1. The summed E-state index contributed by atoms with van der Waals surface area (Å²) >= 11 is 0. The number of ether oxygens (including phenoxy) is 2. The third-order valence-corrected chi connectivity index (χ3v) is 2.98. The zero-order chi connectivity index (χ0) is 13.7. The van der Waals surface area contributed by atoms with Gasteiger partial charge in [0.2, 0.25) is 5.91 Å². The minimum Gasteiger partial charge on any atom is -0.493 e. The van der Waals surface area contributed by atoms with Gasteiger partial charge in [-0.3, -0.25) is 9.69 Å². The van der Waals surface area contributed by atoms with Gasteiger partial charge in [0, 0.05) is 12.1 Å². The van der Waals surface area contributed by atoms with Crippen molar-refractivity contribution in [2.45, 2.75) is 19.5 Å². The van der Waals surface area contributed by atoms with E-state index in [0.29, 0.717) is 18.0 Å². The molecule has 5 nitrogen and oxygen atoms in total. The van der Waals surface area contributed by atoms with Crippen LogP contribution in [0.15, 0.2) is 18.2 Å². The Morgan fingerprint density at radius 2 is 2.06 bits per heavy atom. The summed E-state index contributed by atoms with van der Waals surface area (Å²) in [6.45, 7) is 2.33. The van der Waals surface area contributed by atoms with E-state index in [1.165, 1.54) is 0 Å². The molecule has 100 valence electrons. The van der Waals surface area contributed by atoms with Gasteiger partial charge in [0.25, 0.3) is 0 Å². The van der Waals surface area contributed by atoms with Crippen LogP contribution in [0.4, 0.5) is 0 Å². The molecule has 0 radical (unpaired) electrons. The molecule has 1 unspecified atom stereocenters. The zero-order valence-electron chi connectivity index (χ0n) is 11.3. The standard InChI is InChI=1S/C13H20N2O3/c1-9(13(14)16)15(2)8-10-6-5-7-11(17-3)12(10)18-4/h5-7,9H,8H2,1-4H3,(H2,14,16). The number of nitrogens with two attached hydrogens (primary N) is 1. The fraction of sp³-hybridized carbons (Fsp3) is 0.462. The molecule has 0 spiro atoms. The summed E-state index contributed by atoms with van der Waals surface area (Å²) < 4.78 is 10.6. The van der Waals surface area contributed by atoms with Crippen LogP contribution in [-0.4, -0.2) is 38.1 Å². The second-order valence-corrected chi connectivity index (χ2v) is 4.15. The molecule has 0 fully saturated rings. The number of rotatable bonds is 6. The molecule has 0 aliphatic rings. The van der Waals surface area contributed by atoms with E-state index in [1.807, 2.05) is 30.1 Å². The molecule has 0 heterocycles. The number of methoxy groups -OCH3 is 2. The third-order valence-electron chi connectivity index (χ3n) is 2.98. The Hall–Kier alpha value is -1.75. The lowest BCUT2D eigenvalue weighted by Crippen LogP contribution is -2.39. The summed E-state index contributed by atoms with van der Waals surface area (Å²) in [7, 11) is 5.03. The lowest BCUT2D eigenvalue weighted by molar-refractivity contribution is -0.122. The molecule has 0 bridgehead atoms. The van der Waals surface area contributed by atoms with E-state index in [0.717, 1.165) is 5.56 Å². The summed E-state index contributed by atoms with van der Waals surface area (Å²) in [4.78, 5) is 13.0. The fourth-order valence-corrected chi connectivity index (χ4v) is 1.70. The molecule has 0 aromatic heterocycles. The van der Waals surface area contributed by atoms with Crippen LogP contribution in [0.5, 0.6) is 11.5 Å². The van der Waals surface area contributed by atoms with Crippen LogP contribution in [0.3, 0.4) is 0 Å². The van der Waals surface area contributed by atoms with Crippen LogP contribution >= 0.6 is 0 Å². The maximum absolute atomic E-state index is 11.1. The lowest BCUT2D eigenvalue weighted by atomic mass is 10.1. The summed E-state index contributed by atoms with van der Waals surface area (Å²) in [5.41, 5.74) is 6.23. The minimum atomic E-state index is -0.348. The van der Waals surface area contributed by atoms with Gasteiger partial charge in [0.15, 0.2) is 11.5 Å². The van der Waals surface area contributed by atoms with E-state index in [9.17, 15) is 4.79 Å². The van der Waals surface area contributed by atoms with Crippen LogP contribution in [0.1, 0.15) is 12.5 Å². The SMILES string of the molecule is COc1cccc(CN(C)C(C)C(N)=O)c1OC. The predicted molar refractivity (Wildman–Crippen MR) is 69.7 cm³/mol. The summed E-state index contributed by atoms with van der Waals surface area (Å²) in [5.74, 6) is 1.01. The Kier molecular flexibility index (Phi) is 4.97. The van der Waals surface area contributed by atoms with E-state index in [2.05, 4.69) is 0 Å². The van der Waals surface area contributed by atoms with Gasteiger partial charge in [0.1, 0.15) is 0 Å². The highest BCUT2D eigenvalue weighted by Crippen LogP contribution is 2.31. The number of primary amides is 1. The molecule has 1 aromatic rings. The minimum absolute atomic E-state index is 0.332. The van der Waals surface area contributed by atoms with Gasteiger partial charge in [-0.05, 0) is 20.0 Å². The van der Waals surface area contributed by atoms with Crippen molar-refractivity contribution >= 4 is 5.91 Å². The maximum Gasteiger partial charge on any atom is 0.234 e. The quantitative estimate of drug-likeness (QED) is 0.820. The van der Waals surface area contributed by atoms with Gasteiger partial charge in [-0.25, -0.2) is 0 Å². The second-order valence-electron chi connectivity index (χ2n) is 4.15. The first-order chi connectivity index (χ1) is 8.51. The highest BCUT2D eigenvalue weighted by Gasteiger charge is 2.17. The number of benzene rings is 1. The average Bonchev–Trinajstić information content (AvgIpc) is 2.37. The first-order valence-electron chi connectivity index (χ1n) is 5.70. The molecule has 5 heteroatoms. The van der Waals surface area contributed by atoms with E-state index >= 15 is 0 Å². The normalized spacial score (nSPS) is 12.3. The van der Waals surface area contributed by atoms with Crippen molar-refractivity contribution in [3.8, 4) is 11.5 Å². The van der Waals surface area contributed by atoms with Crippen LogP contribution in [0, 0.1) is 0 Å². The molecular weight excluding hydrogens is 232 g/mol. The van der Waals surface area contributed by atoms with Crippen molar-refractivity contribution in [2.75, 3.05) is 21.3 Å². The molecular formula is C13H20N2O3. The smallest absolute Gasteiger partial charge is 0.234 e. The first-order valence-corrected chi connectivity index (χ1v) is 5.70. The van der Waals surface area contributed by atoms with Gasteiger partial charge in [-0.1, -0.05) is 12.1 Å². The lowest BCUT2D eigenvalue weighted by Gasteiger charge is -2.23. The number of carbonyl (C=O) groups excluding carboxylic acids is 1. The van der Waals surface area contributed by atoms with Gasteiger partial charge in [0.05, 0.1) is 20.3 Å². The van der Waals surface area contributed by atoms with Crippen molar-refractivity contribution in [2.24, 2.45) is 5.73 Å². The number of para-hydroxylation sites is 1. The highest BCUT2D eigenvalue weighted by molar-refractivity contribution is 5.79. The molecule has 1 atom stereocenters. The second kappa shape index (κ2) is 6.26. The van der Waals surface area contributed by atoms with Crippen LogP contribution in [0.25, 0.3) is 0 Å². The molecule has 0 saturated heterocycles. The Balaban J connectivity index is 2.93. The largest absolute Gasteiger partial charge is 0.493 e. The molecule has 1 amide bonds. The number of hydrogen-bond donors (Lipinski definition) is 1. The fourth-order valence-electron chi connectivity index (χ4n) is 1.70. The van der Waals surface area contributed by atoms with Crippen molar-refractivity contribution in [3.05, 3.63) is 23.8 Å². The highest BCUT2D eigenvalue weighted by atomic mass is 16.5. The van der Waals surface area contributed by atoms with Gasteiger partial charge in [-0.2, -0.15) is 0 Å². The third kappa shape index (κ3) is 3.13. The Morgan fingerprint density at radius 1 is 1.39 bits per heavy atom. The molecule has 0 saturated carbocycles. The Bertz CT molecular complexity index is 421. The van der Waals surface area contributed by atoms with Crippen LogP contribution < -0.4 is 15.2 Å². The first kappa shape index (κ1) is 14.3.